The van der Waals surface area contributed by atoms with Crippen LogP contribution in [0.25, 0.3) is 0 Å². The van der Waals surface area contributed by atoms with E-state index in [9.17, 15) is 14.0 Å². The molecule has 1 saturated heterocycles. The molecule has 0 bridgehead atoms. The summed E-state index contributed by atoms with van der Waals surface area (Å²) in [5, 5.41) is 2.70. The quantitative estimate of drug-likeness (QED) is 0.939. The van der Waals surface area contributed by atoms with Gasteiger partial charge in [-0.3, -0.25) is 9.59 Å². The van der Waals surface area contributed by atoms with Crippen molar-refractivity contribution in [2.75, 3.05) is 13.1 Å². The van der Waals surface area contributed by atoms with Crippen LogP contribution < -0.4 is 5.32 Å². The van der Waals surface area contributed by atoms with Crippen LogP contribution in [0.5, 0.6) is 0 Å². The highest BCUT2D eigenvalue weighted by molar-refractivity contribution is 5.89. The minimum absolute atomic E-state index is 0.172. The molecule has 1 aromatic heterocycles. The van der Waals surface area contributed by atoms with Crippen molar-refractivity contribution in [3.05, 3.63) is 59.8 Å². The van der Waals surface area contributed by atoms with Crippen molar-refractivity contribution < 1.29 is 18.4 Å². The van der Waals surface area contributed by atoms with E-state index in [4.69, 9.17) is 4.42 Å². The first-order valence-electron chi connectivity index (χ1n) is 7.49. The molecular formula is C17H17FN2O3. The van der Waals surface area contributed by atoms with Crippen molar-refractivity contribution in [1.29, 1.82) is 0 Å². The molecule has 1 unspecified atom stereocenters. The molecule has 0 saturated carbocycles. The van der Waals surface area contributed by atoms with E-state index in [1.807, 2.05) is 0 Å². The fourth-order valence-electron chi connectivity index (χ4n) is 2.77. The number of halogens is 1. The monoisotopic (exact) mass is 316 g/mol. The van der Waals surface area contributed by atoms with Gasteiger partial charge in [0, 0.05) is 25.1 Å². The van der Waals surface area contributed by atoms with Crippen molar-refractivity contribution in [2.24, 2.45) is 0 Å². The number of nitrogens with one attached hydrogen (secondary N) is 1. The van der Waals surface area contributed by atoms with E-state index in [1.54, 1.807) is 36.8 Å². The maximum atomic E-state index is 14.1. The maximum absolute atomic E-state index is 14.1. The number of hydrogen-bond acceptors (Lipinski definition) is 3. The number of furan rings is 1. The summed E-state index contributed by atoms with van der Waals surface area (Å²) in [7, 11) is 0. The van der Waals surface area contributed by atoms with Gasteiger partial charge >= 0.3 is 0 Å². The molecule has 1 aliphatic rings. The smallest absolute Gasteiger partial charge is 0.247 e. The van der Waals surface area contributed by atoms with Crippen molar-refractivity contribution in [3.8, 4) is 0 Å². The molecule has 1 N–H and O–H groups in total. The molecule has 1 aromatic carbocycles. The van der Waals surface area contributed by atoms with Crippen LogP contribution in [0.2, 0.25) is 0 Å². The van der Waals surface area contributed by atoms with Crippen LogP contribution >= 0.6 is 0 Å². The Morgan fingerprint density at radius 2 is 2.17 bits per heavy atom. The Bertz CT molecular complexity index is 700. The van der Waals surface area contributed by atoms with Gasteiger partial charge in [-0.15, -0.1) is 0 Å². The van der Waals surface area contributed by atoms with Gasteiger partial charge in [0.15, 0.2) is 0 Å². The molecule has 6 heteroatoms. The number of piperazine rings is 1. The second kappa shape index (κ2) is 6.64. The van der Waals surface area contributed by atoms with Gasteiger partial charge in [0.05, 0.1) is 12.5 Å². The Hall–Kier alpha value is -2.63. The SMILES string of the molecule is O=C1NCCN(C(=O)CCc2ccoc2)C1c1ccccc1F. The van der Waals surface area contributed by atoms with Gasteiger partial charge in [0.25, 0.3) is 0 Å². The topological polar surface area (TPSA) is 62.6 Å². The van der Waals surface area contributed by atoms with Crippen molar-refractivity contribution in [2.45, 2.75) is 18.9 Å². The van der Waals surface area contributed by atoms with Crippen molar-refractivity contribution >= 4 is 11.8 Å². The number of hydrogen-bond donors (Lipinski definition) is 1. The highest BCUT2D eigenvalue weighted by Gasteiger charge is 2.35. The Kier molecular flexibility index (Phi) is 4.41. The molecule has 1 fully saturated rings. The Morgan fingerprint density at radius 1 is 1.35 bits per heavy atom. The predicted molar refractivity (Wildman–Crippen MR) is 80.9 cm³/mol. The van der Waals surface area contributed by atoms with Crippen LogP contribution in [0.1, 0.15) is 23.6 Å². The molecule has 0 radical (unpaired) electrons. The highest BCUT2D eigenvalue weighted by atomic mass is 19.1. The zero-order chi connectivity index (χ0) is 16.2. The van der Waals surface area contributed by atoms with Crippen molar-refractivity contribution in [1.82, 2.24) is 10.2 Å². The summed E-state index contributed by atoms with van der Waals surface area (Å²) in [5.41, 5.74) is 1.14. The Labute approximate surface area is 133 Å². The number of nitrogens with zero attached hydrogens (tertiary/aromatic N) is 1. The van der Waals surface area contributed by atoms with Crippen LogP contribution in [0.15, 0.2) is 47.3 Å². The lowest BCUT2D eigenvalue weighted by Crippen LogP contribution is -2.52. The van der Waals surface area contributed by atoms with Gasteiger partial charge in [-0.2, -0.15) is 0 Å². The average molecular weight is 316 g/mol. The Balaban J connectivity index is 1.79. The first-order valence-corrected chi connectivity index (χ1v) is 7.49. The second-order valence-corrected chi connectivity index (χ2v) is 5.43. The van der Waals surface area contributed by atoms with E-state index in [0.717, 1.165) is 5.56 Å². The number of rotatable bonds is 4. The maximum Gasteiger partial charge on any atom is 0.247 e. The fraction of sp³-hybridized carbons (Fsp3) is 0.294. The van der Waals surface area contributed by atoms with Gasteiger partial charge in [0.2, 0.25) is 11.8 Å². The van der Waals surface area contributed by atoms with Gasteiger partial charge in [-0.1, -0.05) is 18.2 Å². The summed E-state index contributed by atoms with van der Waals surface area (Å²) < 4.78 is 19.0. The molecule has 2 heterocycles. The van der Waals surface area contributed by atoms with E-state index in [-0.39, 0.29) is 23.8 Å². The lowest BCUT2D eigenvalue weighted by molar-refractivity contribution is -0.143. The summed E-state index contributed by atoms with van der Waals surface area (Å²) in [6, 6.07) is 6.94. The summed E-state index contributed by atoms with van der Waals surface area (Å²) in [5.74, 6) is -1.01. The average Bonchev–Trinajstić information content (AvgIpc) is 3.07. The van der Waals surface area contributed by atoms with Crippen LogP contribution in [0, 0.1) is 5.82 Å². The molecule has 2 amide bonds. The third-order valence-corrected chi connectivity index (χ3v) is 3.94. The third kappa shape index (κ3) is 3.26. The first-order chi connectivity index (χ1) is 11.2. The molecule has 2 aromatic rings. The molecule has 3 rings (SSSR count). The van der Waals surface area contributed by atoms with Crippen molar-refractivity contribution in [3.63, 3.8) is 0 Å². The molecule has 5 nitrogen and oxygen atoms in total. The van der Waals surface area contributed by atoms with E-state index in [0.29, 0.717) is 19.5 Å². The van der Waals surface area contributed by atoms with Gasteiger partial charge in [-0.25, -0.2) is 4.39 Å². The summed E-state index contributed by atoms with van der Waals surface area (Å²) in [4.78, 5) is 26.2. The van der Waals surface area contributed by atoms with E-state index in [2.05, 4.69) is 5.32 Å². The lowest BCUT2D eigenvalue weighted by atomic mass is 10.0. The summed E-state index contributed by atoms with van der Waals surface area (Å²) >= 11 is 0. The highest BCUT2D eigenvalue weighted by Crippen LogP contribution is 2.26. The van der Waals surface area contributed by atoms with E-state index < -0.39 is 11.9 Å². The largest absolute Gasteiger partial charge is 0.472 e. The molecule has 0 spiro atoms. The zero-order valence-electron chi connectivity index (χ0n) is 12.5. The fourth-order valence-corrected chi connectivity index (χ4v) is 2.77. The van der Waals surface area contributed by atoms with Crippen LogP contribution in [-0.2, 0) is 16.0 Å². The number of amides is 2. The van der Waals surface area contributed by atoms with Crippen LogP contribution in [-0.4, -0.2) is 29.8 Å². The van der Waals surface area contributed by atoms with Crippen LogP contribution in [0.4, 0.5) is 4.39 Å². The van der Waals surface area contributed by atoms with E-state index >= 15 is 0 Å². The first kappa shape index (κ1) is 15.3. The van der Waals surface area contributed by atoms with Crippen LogP contribution in [0.3, 0.4) is 0 Å². The molecule has 120 valence electrons. The molecule has 0 aliphatic carbocycles. The molecule has 23 heavy (non-hydrogen) atoms. The predicted octanol–water partition coefficient (Wildman–Crippen LogP) is 2.05. The van der Waals surface area contributed by atoms with Gasteiger partial charge < -0.3 is 14.6 Å². The number of aryl methyl sites for hydroxylation is 1. The third-order valence-electron chi connectivity index (χ3n) is 3.94. The van der Waals surface area contributed by atoms with Gasteiger partial charge in [-0.05, 0) is 24.1 Å². The zero-order valence-corrected chi connectivity index (χ0v) is 12.5. The minimum atomic E-state index is -0.915. The number of carbonyl (C=O) groups is 2. The molecule has 1 atom stereocenters. The lowest BCUT2D eigenvalue weighted by Gasteiger charge is -2.35. The standard InChI is InChI=1S/C17H17FN2O3/c18-14-4-2-1-3-13(14)16-17(22)19-8-9-20(16)15(21)6-5-12-7-10-23-11-12/h1-4,7,10-11,16H,5-6,8-9H2,(H,19,22). The normalized spacial score (nSPS) is 17.9. The molecular weight excluding hydrogens is 299 g/mol. The number of carbonyl (C=O) groups excluding carboxylic acids is 2. The minimum Gasteiger partial charge on any atom is -0.472 e. The van der Waals surface area contributed by atoms with Gasteiger partial charge in [0.1, 0.15) is 11.9 Å². The summed E-state index contributed by atoms with van der Waals surface area (Å²) in [6.45, 7) is 0.746. The Morgan fingerprint density at radius 3 is 2.91 bits per heavy atom. The second-order valence-electron chi connectivity index (χ2n) is 5.43. The molecule has 1 aliphatic heterocycles. The summed E-state index contributed by atoms with van der Waals surface area (Å²) in [6.07, 6.45) is 3.91. The van der Waals surface area contributed by atoms with E-state index in [1.165, 1.54) is 11.0 Å². The number of benzene rings is 1.